The van der Waals surface area contributed by atoms with E-state index in [0.29, 0.717) is 6.54 Å². The second kappa shape index (κ2) is 6.75. The molecule has 1 rings (SSSR count). The Hall–Kier alpha value is -1.07. The van der Waals surface area contributed by atoms with Crippen LogP contribution in [0.2, 0.25) is 0 Å². The Labute approximate surface area is 116 Å². The van der Waals surface area contributed by atoms with Crippen molar-refractivity contribution in [3.63, 3.8) is 0 Å². The highest BCUT2D eigenvalue weighted by Crippen LogP contribution is 2.28. The molecule has 0 radical (unpaired) electrons. The first-order valence-corrected chi connectivity index (χ1v) is 6.51. The van der Waals surface area contributed by atoms with Gasteiger partial charge in [-0.05, 0) is 33.2 Å². The molecule has 1 unspecified atom stereocenters. The number of methoxy groups -OCH3 is 1. The molecule has 100 valence electrons. The van der Waals surface area contributed by atoms with Gasteiger partial charge in [-0.2, -0.15) is 0 Å². The normalized spacial score (nSPS) is 12.3. The van der Waals surface area contributed by atoms with Crippen molar-refractivity contribution in [1.82, 2.24) is 10.2 Å². The van der Waals surface area contributed by atoms with Gasteiger partial charge >= 0.3 is 0 Å². The molecule has 0 aliphatic heterocycles. The van der Waals surface area contributed by atoms with E-state index in [0.717, 1.165) is 15.8 Å². The zero-order valence-corrected chi connectivity index (χ0v) is 12.7. The smallest absolute Gasteiger partial charge is 0.234 e. The van der Waals surface area contributed by atoms with E-state index in [1.165, 1.54) is 0 Å². The Kier molecular flexibility index (Phi) is 5.62. The van der Waals surface area contributed by atoms with Crippen LogP contribution < -0.4 is 10.1 Å². The van der Waals surface area contributed by atoms with Gasteiger partial charge in [0.25, 0.3) is 0 Å². The van der Waals surface area contributed by atoms with Crippen molar-refractivity contribution in [2.45, 2.75) is 13.0 Å². The zero-order valence-electron chi connectivity index (χ0n) is 11.2. The number of hydrogen-bond donors (Lipinski definition) is 1. The lowest BCUT2D eigenvalue weighted by Gasteiger charge is -2.18. The van der Waals surface area contributed by atoms with Gasteiger partial charge in [0, 0.05) is 10.0 Å². The molecule has 0 aliphatic carbocycles. The molecule has 1 N–H and O–H groups in total. The molecule has 0 aliphatic rings. The van der Waals surface area contributed by atoms with Gasteiger partial charge in [0.15, 0.2) is 0 Å². The third-order valence-corrected chi connectivity index (χ3v) is 2.99. The van der Waals surface area contributed by atoms with E-state index >= 15 is 0 Å². The summed E-state index contributed by atoms with van der Waals surface area (Å²) < 4.78 is 6.27. The van der Waals surface area contributed by atoms with Crippen LogP contribution in [0.5, 0.6) is 5.75 Å². The number of nitrogens with one attached hydrogen (secondary N) is 1. The standard InChI is InChI=1S/C13H19BrN2O2/c1-9(15-13(17)8-16(2)3)11-6-5-10(14)7-12(11)18-4/h5-7,9H,8H2,1-4H3,(H,15,17). The maximum Gasteiger partial charge on any atom is 0.234 e. The van der Waals surface area contributed by atoms with Crippen molar-refractivity contribution >= 4 is 21.8 Å². The van der Waals surface area contributed by atoms with Crippen molar-refractivity contribution in [3.8, 4) is 5.75 Å². The molecule has 1 aromatic carbocycles. The van der Waals surface area contributed by atoms with E-state index in [-0.39, 0.29) is 11.9 Å². The van der Waals surface area contributed by atoms with E-state index in [1.54, 1.807) is 7.11 Å². The molecule has 0 bridgehead atoms. The molecular weight excluding hydrogens is 296 g/mol. The number of carbonyl (C=O) groups excluding carboxylic acids is 1. The highest BCUT2D eigenvalue weighted by molar-refractivity contribution is 9.10. The molecule has 0 saturated carbocycles. The fraction of sp³-hybridized carbons (Fsp3) is 0.462. The lowest BCUT2D eigenvalue weighted by Crippen LogP contribution is -2.34. The summed E-state index contributed by atoms with van der Waals surface area (Å²) in [7, 11) is 5.36. The number of benzene rings is 1. The second-order valence-corrected chi connectivity index (χ2v) is 5.33. The van der Waals surface area contributed by atoms with Crippen molar-refractivity contribution in [2.24, 2.45) is 0 Å². The Balaban J connectivity index is 2.77. The van der Waals surface area contributed by atoms with E-state index in [1.807, 2.05) is 44.1 Å². The zero-order chi connectivity index (χ0) is 13.7. The third-order valence-electron chi connectivity index (χ3n) is 2.50. The molecule has 0 saturated heterocycles. The number of ether oxygens (including phenoxy) is 1. The summed E-state index contributed by atoms with van der Waals surface area (Å²) in [5.74, 6) is 0.763. The van der Waals surface area contributed by atoms with Crippen molar-refractivity contribution in [3.05, 3.63) is 28.2 Å². The number of carbonyl (C=O) groups is 1. The molecular formula is C13H19BrN2O2. The summed E-state index contributed by atoms with van der Waals surface area (Å²) in [6.45, 7) is 2.32. The topological polar surface area (TPSA) is 41.6 Å². The Morgan fingerprint density at radius 1 is 1.50 bits per heavy atom. The average molecular weight is 315 g/mol. The first-order chi connectivity index (χ1) is 8.43. The Bertz CT molecular complexity index is 421. The first-order valence-electron chi connectivity index (χ1n) is 5.71. The minimum absolute atomic E-state index is 0.00234. The summed E-state index contributed by atoms with van der Waals surface area (Å²) in [4.78, 5) is 13.5. The summed E-state index contributed by atoms with van der Waals surface area (Å²) in [5, 5.41) is 2.95. The molecule has 0 fully saturated rings. The van der Waals surface area contributed by atoms with Crippen LogP contribution in [0.25, 0.3) is 0 Å². The first kappa shape index (κ1) is 15.0. The number of halogens is 1. The number of amides is 1. The summed E-state index contributed by atoms with van der Waals surface area (Å²) in [6.07, 6.45) is 0. The van der Waals surface area contributed by atoms with Gasteiger partial charge in [0.1, 0.15) is 5.75 Å². The van der Waals surface area contributed by atoms with Gasteiger partial charge < -0.3 is 15.0 Å². The molecule has 0 heterocycles. The van der Waals surface area contributed by atoms with Crippen LogP contribution in [-0.4, -0.2) is 38.6 Å². The van der Waals surface area contributed by atoms with Crippen molar-refractivity contribution in [1.29, 1.82) is 0 Å². The lowest BCUT2D eigenvalue weighted by atomic mass is 10.1. The number of likely N-dealkylation sites (N-methyl/N-ethyl adjacent to an activating group) is 1. The molecule has 1 amide bonds. The Morgan fingerprint density at radius 2 is 2.17 bits per heavy atom. The van der Waals surface area contributed by atoms with Crippen molar-refractivity contribution in [2.75, 3.05) is 27.7 Å². The summed E-state index contributed by atoms with van der Waals surface area (Å²) in [6, 6.07) is 5.69. The molecule has 5 heteroatoms. The highest BCUT2D eigenvalue weighted by Gasteiger charge is 2.14. The maximum absolute atomic E-state index is 11.7. The molecule has 0 spiro atoms. The lowest BCUT2D eigenvalue weighted by molar-refractivity contribution is -0.122. The van der Waals surface area contributed by atoms with Crippen LogP contribution in [0, 0.1) is 0 Å². The van der Waals surface area contributed by atoms with Gasteiger partial charge in [-0.15, -0.1) is 0 Å². The monoisotopic (exact) mass is 314 g/mol. The predicted molar refractivity (Wildman–Crippen MR) is 75.8 cm³/mol. The molecule has 4 nitrogen and oxygen atoms in total. The van der Waals surface area contributed by atoms with Crippen LogP contribution >= 0.6 is 15.9 Å². The maximum atomic E-state index is 11.7. The van der Waals surface area contributed by atoms with E-state index in [4.69, 9.17) is 4.74 Å². The number of nitrogens with zero attached hydrogens (tertiary/aromatic N) is 1. The second-order valence-electron chi connectivity index (χ2n) is 4.41. The van der Waals surface area contributed by atoms with Gasteiger partial charge in [0.05, 0.1) is 19.7 Å². The average Bonchev–Trinajstić information content (AvgIpc) is 2.27. The van der Waals surface area contributed by atoms with Crippen LogP contribution in [0.15, 0.2) is 22.7 Å². The van der Waals surface area contributed by atoms with Gasteiger partial charge in [-0.25, -0.2) is 0 Å². The number of hydrogen-bond acceptors (Lipinski definition) is 3. The van der Waals surface area contributed by atoms with Crippen molar-refractivity contribution < 1.29 is 9.53 Å². The van der Waals surface area contributed by atoms with Crippen LogP contribution in [0.4, 0.5) is 0 Å². The molecule has 0 aromatic heterocycles. The van der Waals surface area contributed by atoms with Crippen LogP contribution in [0.3, 0.4) is 0 Å². The number of rotatable bonds is 5. The van der Waals surface area contributed by atoms with E-state index in [2.05, 4.69) is 21.2 Å². The van der Waals surface area contributed by atoms with Crippen LogP contribution in [0.1, 0.15) is 18.5 Å². The fourth-order valence-electron chi connectivity index (χ4n) is 1.69. The molecule has 1 aromatic rings. The minimum Gasteiger partial charge on any atom is -0.496 e. The van der Waals surface area contributed by atoms with Crippen LogP contribution in [-0.2, 0) is 4.79 Å². The third kappa shape index (κ3) is 4.31. The van der Waals surface area contributed by atoms with E-state index in [9.17, 15) is 4.79 Å². The quantitative estimate of drug-likeness (QED) is 0.906. The van der Waals surface area contributed by atoms with Gasteiger partial charge in [-0.3, -0.25) is 4.79 Å². The molecule has 1 atom stereocenters. The SMILES string of the molecule is COc1cc(Br)ccc1C(C)NC(=O)CN(C)C. The molecule has 18 heavy (non-hydrogen) atoms. The largest absolute Gasteiger partial charge is 0.496 e. The van der Waals surface area contributed by atoms with Gasteiger partial charge in [-0.1, -0.05) is 22.0 Å². The van der Waals surface area contributed by atoms with Gasteiger partial charge in [0.2, 0.25) is 5.91 Å². The predicted octanol–water partition coefficient (Wildman–Crippen LogP) is 2.20. The Morgan fingerprint density at radius 3 is 2.72 bits per heavy atom. The fourth-order valence-corrected chi connectivity index (χ4v) is 2.03. The summed E-state index contributed by atoms with van der Waals surface area (Å²) >= 11 is 3.40. The minimum atomic E-state index is -0.0829. The highest BCUT2D eigenvalue weighted by atomic mass is 79.9. The van der Waals surface area contributed by atoms with E-state index < -0.39 is 0 Å². The summed E-state index contributed by atoms with van der Waals surface area (Å²) in [5.41, 5.74) is 0.966.